The van der Waals surface area contributed by atoms with E-state index in [9.17, 15) is 8.42 Å². The van der Waals surface area contributed by atoms with Gasteiger partial charge in [0.25, 0.3) is 10.0 Å². The van der Waals surface area contributed by atoms with Crippen molar-refractivity contribution in [1.82, 2.24) is 9.21 Å². The van der Waals surface area contributed by atoms with Gasteiger partial charge in [0.2, 0.25) is 0 Å². The molecule has 1 fully saturated rings. The summed E-state index contributed by atoms with van der Waals surface area (Å²) in [5.41, 5.74) is 0. The molecule has 21 heavy (non-hydrogen) atoms. The number of thiophene rings is 1. The Labute approximate surface area is 131 Å². The van der Waals surface area contributed by atoms with Gasteiger partial charge in [-0.2, -0.15) is 4.31 Å². The number of sulfonamides is 1. The van der Waals surface area contributed by atoms with Crippen LogP contribution in [0.25, 0.3) is 0 Å². The van der Waals surface area contributed by atoms with E-state index in [1.807, 2.05) is 13.0 Å². The van der Waals surface area contributed by atoms with E-state index < -0.39 is 10.0 Å². The molecule has 1 aromatic heterocycles. The Balaban J connectivity index is 1.91. The molecule has 5 nitrogen and oxygen atoms in total. The summed E-state index contributed by atoms with van der Waals surface area (Å²) in [6, 6.07) is 3.66. The van der Waals surface area contributed by atoms with Gasteiger partial charge in [0.15, 0.2) is 0 Å². The van der Waals surface area contributed by atoms with E-state index in [2.05, 4.69) is 4.90 Å². The number of piperazine rings is 1. The summed E-state index contributed by atoms with van der Waals surface area (Å²) in [6.45, 7) is 6.53. The van der Waals surface area contributed by atoms with Crippen LogP contribution < -0.4 is 0 Å². The number of rotatable bonds is 7. The molecule has 2 heterocycles. The number of aryl methyl sites for hydroxylation is 1. The zero-order chi connectivity index (χ0) is 15.3. The first-order chi connectivity index (χ1) is 10.1. The Morgan fingerprint density at radius 3 is 2.52 bits per heavy atom. The Kier molecular flexibility index (Phi) is 6.19. The van der Waals surface area contributed by atoms with Gasteiger partial charge < -0.3 is 9.64 Å². The number of methoxy groups -OCH3 is 1. The highest BCUT2D eigenvalue weighted by Crippen LogP contribution is 2.25. The van der Waals surface area contributed by atoms with Crippen LogP contribution >= 0.6 is 11.3 Å². The highest BCUT2D eigenvalue weighted by Gasteiger charge is 2.29. The van der Waals surface area contributed by atoms with Crippen molar-refractivity contribution in [2.75, 3.05) is 46.4 Å². The normalized spacial score (nSPS) is 18.2. The maximum absolute atomic E-state index is 12.6. The lowest BCUT2D eigenvalue weighted by Crippen LogP contribution is -2.48. The number of ether oxygens (including phenoxy) is 1. The second kappa shape index (κ2) is 7.69. The van der Waals surface area contributed by atoms with E-state index >= 15 is 0 Å². The smallest absolute Gasteiger partial charge is 0.252 e. The fourth-order valence-corrected chi connectivity index (χ4v) is 5.31. The van der Waals surface area contributed by atoms with E-state index in [0.717, 1.165) is 44.0 Å². The van der Waals surface area contributed by atoms with Crippen molar-refractivity contribution in [1.29, 1.82) is 0 Å². The minimum absolute atomic E-state index is 0.479. The Morgan fingerprint density at radius 1 is 1.24 bits per heavy atom. The topological polar surface area (TPSA) is 49.9 Å². The van der Waals surface area contributed by atoms with Crippen LogP contribution in [0, 0.1) is 0 Å². The maximum atomic E-state index is 12.6. The summed E-state index contributed by atoms with van der Waals surface area (Å²) >= 11 is 1.39. The Bertz CT molecular complexity index is 534. The van der Waals surface area contributed by atoms with E-state index in [0.29, 0.717) is 17.3 Å². The standard InChI is InChI=1S/C14H24N2O3S2/c1-3-13-5-6-14(20-13)21(17,18)16-10-8-15(9-11-16)7-4-12-19-2/h5-6H,3-4,7-12H2,1-2H3. The summed E-state index contributed by atoms with van der Waals surface area (Å²) in [5.74, 6) is 0. The quantitative estimate of drug-likeness (QED) is 0.713. The van der Waals surface area contributed by atoms with Gasteiger partial charge in [0.1, 0.15) is 4.21 Å². The molecule has 0 radical (unpaired) electrons. The van der Waals surface area contributed by atoms with Crippen molar-refractivity contribution in [3.05, 3.63) is 17.0 Å². The fourth-order valence-electron chi connectivity index (χ4n) is 2.44. The number of nitrogens with zero attached hydrogens (tertiary/aromatic N) is 2. The van der Waals surface area contributed by atoms with Crippen LogP contribution in [0.15, 0.2) is 16.3 Å². The van der Waals surface area contributed by atoms with Gasteiger partial charge in [-0.25, -0.2) is 8.42 Å². The Hall–Kier alpha value is -0.470. The molecule has 1 aliphatic heterocycles. The van der Waals surface area contributed by atoms with Crippen molar-refractivity contribution >= 4 is 21.4 Å². The maximum Gasteiger partial charge on any atom is 0.252 e. The first kappa shape index (κ1) is 16.9. The Morgan fingerprint density at radius 2 is 1.95 bits per heavy atom. The molecule has 1 saturated heterocycles. The minimum atomic E-state index is -3.30. The first-order valence-electron chi connectivity index (χ1n) is 7.38. The molecule has 0 spiro atoms. The van der Waals surface area contributed by atoms with E-state index in [4.69, 9.17) is 4.74 Å². The molecule has 0 aromatic carbocycles. The molecule has 0 amide bonds. The zero-order valence-electron chi connectivity index (χ0n) is 12.7. The van der Waals surface area contributed by atoms with Crippen molar-refractivity contribution in [3.8, 4) is 0 Å². The molecule has 7 heteroatoms. The van der Waals surface area contributed by atoms with Crippen LogP contribution in [0.1, 0.15) is 18.2 Å². The largest absolute Gasteiger partial charge is 0.385 e. The van der Waals surface area contributed by atoms with Gasteiger partial charge in [-0.15, -0.1) is 11.3 Å². The second-order valence-electron chi connectivity index (χ2n) is 5.17. The van der Waals surface area contributed by atoms with Crippen LogP contribution in [0.2, 0.25) is 0 Å². The van der Waals surface area contributed by atoms with Gasteiger partial charge in [0, 0.05) is 51.3 Å². The lowest BCUT2D eigenvalue weighted by atomic mass is 10.3. The SMILES string of the molecule is CCc1ccc(S(=O)(=O)N2CCN(CCCOC)CC2)s1. The third-order valence-corrected chi connectivity index (χ3v) is 7.33. The van der Waals surface area contributed by atoms with Crippen LogP contribution in [0.4, 0.5) is 0 Å². The summed E-state index contributed by atoms with van der Waals surface area (Å²) in [4.78, 5) is 3.42. The van der Waals surface area contributed by atoms with Crippen LogP contribution in [-0.4, -0.2) is 64.1 Å². The molecule has 0 bridgehead atoms. The summed E-state index contributed by atoms with van der Waals surface area (Å²) in [7, 11) is -1.59. The summed E-state index contributed by atoms with van der Waals surface area (Å²) in [6.07, 6.45) is 1.88. The first-order valence-corrected chi connectivity index (χ1v) is 9.63. The molecule has 2 rings (SSSR count). The molecule has 0 aliphatic carbocycles. The zero-order valence-corrected chi connectivity index (χ0v) is 14.4. The van der Waals surface area contributed by atoms with Crippen molar-refractivity contribution in [3.63, 3.8) is 0 Å². The second-order valence-corrected chi connectivity index (χ2v) is 8.50. The monoisotopic (exact) mass is 332 g/mol. The highest BCUT2D eigenvalue weighted by atomic mass is 32.2. The minimum Gasteiger partial charge on any atom is -0.385 e. The van der Waals surface area contributed by atoms with Crippen molar-refractivity contribution < 1.29 is 13.2 Å². The molecule has 0 unspecified atom stereocenters. The van der Waals surface area contributed by atoms with Crippen LogP contribution in [-0.2, 0) is 21.2 Å². The van der Waals surface area contributed by atoms with Gasteiger partial charge in [0.05, 0.1) is 0 Å². The average Bonchev–Trinajstić information content (AvgIpc) is 2.98. The highest BCUT2D eigenvalue weighted by molar-refractivity contribution is 7.91. The molecule has 1 aliphatic rings. The van der Waals surface area contributed by atoms with Crippen molar-refractivity contribution in [2.24, 2.45) is 0 Å². The lowest BCUT2D eigenvalue weighted by Gasteiger charge is -2.33. The van der Waals surface area contributed by atoms with Gasteiger partial charge in [-0.05, 0) is 25.0 Å². The molecular weight excluding hydrogens is 308 g/mol. The predicted molar refractivity (Wildman–Crippen MR) is 85.4 cm³/mol. The van der Waals surface area contributed by atoms with Crippen LogP contribution in [0.5, 0.6) is 0 Å². The fraction of sp³-hybridized carbons (Fsp3) is 0.714. The molecule has 120 valence electrons. The molecule has 1 aromatic rings. The average molecular weight is 332 g/mol. The van der Waals surface area contributed by atoms with E-state index in [1.54, 1.807) is 17.5 Å². The van der Waals surface area contributed by atoms with Gasteiger partial charge >= 0.3 is 0 Å². The molecule has 0 N–H and O–H groups in total. The lowest BCUT2D eigenvalue weighted by molar-refractivity contribution is 0.149. The molecule has 0 saturated carbocycles. The number of hydrogen-bond acceptors (Lipinski definition) is 5. The van der Waals surface area contributed by atoms with Crippen LogP contribution in [0.3, 0.4) is 0 Å². The third-order valence-electron chi connectivity index (χ3n) is 3.73. The van der Waals surface area contributed by atoms with Crippen molar-refractivity contribution in [2.45, 2.75) is 24.0 Å². The number of hydrogen-bond donors (Lipinski definition) is 0. The molecule has 0 atom stereocenters. The van der Waals surface area contributed by atoms with Gasteiger partial charge in [-0.3, -0.25) is 0 Å². The summed E-state index contributed by atoms with van der Waals surface area (Å²) < 4.78 is 32.3. The molecular formula is C14H24N2O3S2. The summed E-state index contributed by atoms with van der Waals surface area (Å²) in [5, 5.41) is 0. The van der Waals surface area contributed by atoms with E-state index in [1.165, 1.54) is 11.3 Å². The van der Waals surface area contributed by atoms with E-state index in [-0.39, 0.29) is 0 Å². The van der Waals surface area contributed by atoms with Gasteiger partial charge in [-0.1, -0.05) is 6.92 Å². The predicted octanol–water partition coefficient (Wildman–Crippen LogP) is 1.65. The third kappa shape index (κ3) is 4.26.